The molecule has 0 bridgehead atoms. The highest BCUT2D eigenvalue weighted by Crippen LogP contribution is 2.41. The van der Waals surface area contributed by atoms with E-state index in [1.807, 2.05) is 18.2 Å². The molecule has 3 heterocycles. The van der Waals surface area contributed by atoms with E-state index in [-0.39, 0.29) is 18.1 Å². The summed E-state index contributed by atoms with van der Waals surface area (Å²) < 4.78 is 4.91. The minimum absolute atomic E-state index is 0.192. The number of carbonyl (C=O) groups is 4. The topological polar surface area (TPSA) is 139 Å². The van der Waals surface area contributed by atoms with E-state index in [9.17, 15) is 24.3 Å². The third-order valence-electron chi connectivity index (χ3n) is 5.43. The zero-order valence-corrected chi connectivity index (χ0v) is 18.3. The molecule has 31 heavy (non-hydrogen) atoms. The first-order chi connectivity index (χ1) is 14.8. The number of fused-ring (bicyclic) bond motifs is 2. The fourth-order valence-electron chi connectivity index (χ4n) is 3.89. The molecule has 0 spiro atoms. The van der Waals surface area contributed by atoms with E-state index in [0.29, 0.717) is 5.57 Å². The summed E-state index contributed by atoms with van der Waals surface area (Å²) >= 11 is 3.07. The number of thioether (sulfide) groups is 2. The number of rotatable bonds is 6. The van der Waals surface area contributed by atoms with Crippen LogP contribution in [0.5, 0.6) is 0 Å². The van der Waals surface area contributed by atoms with E-state index in [1.165, 1.54) is 18.7 Å². The second-order valence-electron chi connectivity index (χ2n) is 7.39. The number of aliphatic carboxylic acids is 1. The van der Waals surface area contributed by atoms with E-state index in [0.717, 1.165) is 33.1 Å². The fourth-order valence-corrected chi connectivity index (χ4v) is 6.36. The van der Waals surface area contributed by atoms with Gasteiger partial charge in [0.1, 0.15) is 29.8 Å². The van der Waals surface area contributed by atoms with Crippen LogP contribution in [0.25, 0.3) is 0 Å². The van der Waals surface area contributed by atoms with Crippen LogP contribution in [0.15, 0.2) is 29.5 Å². The largest absolute Gasteiger partial charge is 0.477 e. The fraction of sp³-hybridized carbons (Fsp3) is 0.400. The molecule has 1 aromatic carbocycles. The maximum atomic E-state index is 12.8. The Kier molecular flexibility index (Phi) is 6.00. The van der Waals surface area contributed by atoms with Crippen LogP contribution < -0.4 is 11.1 Å². The summed E-state index contributed by atoms with van der Waals surface area (Å²) in [4.78, 5) is 49.5. The van der Waals surface area contributed by atoms with Crippen molar-refractivity contribution in [2.24, 2.45) is 5.73 Å². The molecule has 0 saturated carbocycles. The summed E-state index contributed by atoms with van der Waals surface area (Å²) in [5, 5.41) is 11.7. The molecule has 0 aliphatic carbocycles. The third kappa shape index (κ3) is 3.92. The number of amides is 2. The minimum Gasteiger partial charge on any atom is -0.477 e. The molecule has 164 valence electrons. The molecule has 4 rings (SSSR count). The molecular weight excluding hydrogens is 442 g/mol. The van der Waals surface area contributed by atoms with E-state index < -0.39 is 41.2 Å². The molecule has 1 fully saturated rings. The first-order valence-corrected chi connectivity index (χ1v) is 11.8. The smallest absolute Gasteiger partial charge is 0.352 e. The number of hydrogen-bond donors (Lipinski definition) is 3. The highest BCUT2D eigenvalue weighted by atomic mass is 32.2. The zero-order chi connectivity index (χ0) is 22.3. The normalized spacial score (nSPS) is 22.9. The molecule has 11 heteroatoms. The molecule has 3 aliphatic rings. The molecule has 3 aliphatic heterocycles. The number of nitrogens with one attached hydrogen (secondary N) is 1. The summed E-state index contributed by atoms with van der Waals surface area (Å²) in [6, 6.07) is 3.93. The summed E-state index contributed by atoms with van der Waals surface area (Å²) in [6.45, 7) is 1.03. The van der Waals surface area contributed by atoms with Gasteiger partial charge in [0.2, 0.25) is 5.91 Å². The number of hydrogen-bond acceptors (Lipinski definition) is 8. The molecule has 3 unspecified atom stereocenters. The van der Waals surface area contributed by atoms with Crippen molar-refractivity contribution in [2.75, 3.05) is 12.4 Å². The van der Waals surface area contributed by atoms with Crippen LogP contribution in [0.2, 0.25) is 0 Å². The Morgan fingerprint density at radius 1 is 1.32 bits per heavy atom. The van der Waals surface area contributed by atoms with Crippen molar-refractivity contribution in [1.82, 2.24) is 10.2 Å². The lowest BCUT2D eigenvalue weighted by atomic mass is 9.96. The predicted octanol–water partition coefficient (Wildman–Crippen LogP) is 0.735. The van der Waals surface area contributed by atoms with Crippen LogP contribution in [0.3, 0.4) is 0 Å². The standard InChI is InChI=1S/C20H21N3O6S2/c1-9(24)29-5-11-7-31-19-15(18(26)23(19)16(11)20(27)28)22-17(25)14(21)12-4-2-3-10-6-30-8-13(10)12/h2-4,14-15,19H,5-8,21H2,1H3,(H,22,25)(H,27,28). The van der Waals surface area contributed by atoms with Crippen LogP contribution in [-0.4, -0.2) is 57.5 Å². The molecule has 9 nitrogen and oxygen atoms in total. The number of ether oxygens (including phenoxy) is 1. The van der Waals surface area contributed by atoms with Crippen molar-refractivity contribution >= 4 is 47.3 Å². The number of esters is 1. The quantitative estimate of drug-likeness (QED) is 0.412. The van der Waals surface area contributed by atoms with Crippen molar-refractivity contribution in [3.05, 3.63) is 46.2 Å². The van der Waals surface area contributed by atoms with Gasteiger partial charge in [-0.3, -0.25) is 19.3 Å². The monoisotopic (exact) mass is 463 g/mol. The first-order valence-electron chi connectivity index (χ1n) is 9.57. The maximum Gasteiger partial charge on any atom is 0.352 e. The lowest BCUT2D eigenvalue weighted by molar-refractivity contribution is -0.151. The summed E-state index contributed by atoms with van der Waals surface area (Å²) in [7, 11) is 0. The number of carbonyl (C=O) groups excluding carboxylic acids is 3. The van der Waals surface area contributed by atoms with Crippen LogP contribution in [-0.2, 0) is 35.4 Å². The summed E-state index contributed by atoms with van der Waals surface area (Å²) in [5.74, 6) is -0.875. The van der Waals surface area contributed by atoms with Crippen molar-refractivity contribution in [3.63, 3.8) is 0 Å². The molecule has 1 saturated heterocycles. The summed E-state index contributed by atoms with van der Waals surface area (Å²) in [5.41, 5.74) is 9.34. The molecule has 2 amide bonds. The molecular formula is C20H21N3O6S2. The molecule has 0 radical (unpaired) electrons. The van der Waals surface area contributed by atoms with Gasteiger partial charge in [0.25, 0.3) is 5.91 Å². The highest BCUT2D eigenvalue weighted by molar-refractivity contribution is 8.00. The van der Waals surface area contributed by atoms with Gasteiger partial charge in [0, 0.05) is 29.8 Å². The van der Waals surface area contributed by atoms with Crippen LogP contribution in [0.1, 0.15) is 29.7 Å². The van der Waals surface area contributed by atoms with Gasteiger partial charge in [-0.1, -0.05) is 18.2 Å². The Balaban J connectivity index is 1.48. The van der Waals surface area contributed by atoms with Crippen molar-refractivity contribution in [2.45, 2.75) is 35.9 Å². The van der Waals surface area contributed by atoms with Crippen molar-refractivity contribution in [1.29, 1.82) is 0 Å². The van der Waals surface area contributed by atoms with Gasteiger partial charge >= 0.3 is 11.9 Å². The number of β-lactam (4-membered cyclic amide) rings is 1. The Morgan fingerprint density at radius 2 is 2.10 bits per heavy atom. The van der Waals surface area contributed by atoms with E-state index in [4.69, 9.17) is 10.5 Å². The van der Waals surface area contributed by atoms with E-state index in [1.54, 1.807) is 11.8 Å². The third-order valence-corrected chi connectivity index (χ3v) is 7.78. The predicted molar refractivity (Wildman–Crippen MR) is 115 cm³/mol. The average molecular weight is 464 g/mol. The van der Waals surface area contributed by atoms with Gasteiger partial charge in [-0.25, -0.2) is 4.79 Å². The lowest BCUT2D eigenvalue weighted by Crippen LogP contribution is -2.71. The van der Waals surface area contributed by atoms with Crippen LogP contribution in [0, 0.1) is 0 Å². The highest BCUT2D eigenvalue weighted by Gasteiger charge is 2.54. The number of carboxylic acids is 1. The second-order valence-corrected chi connectivity index (χ2v) is 9.48. The van der Waals surface area contributed by atoms with Crippen molar-refractivity contribution < 1.29 is 29.0 Å². The molecule has 0 aromatic heterocycles. The number of nitrogens with two attached hydrogens (primary N) is 1. The number of benzene rings is 1. The van der Waals surface area contributed by atoms with Gasteiger partial charge < -0.3 is 20.9 Å². The van der Waals surface area contributed by atoms with Crippen LogP contribution >= 0.6 is 23.5 Å². The van der Waals surface area contributed by atoms with Gasteiger partial charge in [-0.15, -0.1) is 11.8 Å². The van der Waals surface area contributed by atoms with Gasteiger partial charge in [-0.2, -0.15) is 11.8 Å². The lowest BCUT2D eigenvalue weighted by Gasteiger charge is -2.49. The Hall–Kier alpha value is -2.50. The van der Waals surface area contributed by atoms with E-state index >= 15 is 0 Å². The number of carboxylic acid groups (broad SMARTS) is 1. The van der Waals surface area contributed by atoms with Gasteiger partial charge in [0.05, 0.1) is 0 Å². The average Bonchev–Trinajstić information content (AvgIpc) is 3.23. The Morgan fingerprint density at radius 3 is 2.81 bits per heavy atom. The van der Waals surface area contributed by atoms with E-state index in [2.05, 4.69) is 5.32 Å². The maximum absolute atomic E-state index is 12.8. The van der Waals surface area contributed by atoms with Crippen LogP contribution in [0.4, 0.5) is 0 Å². The molecule has 4 N–H and O–H groups in total. The minimum atomic E-state index is -1.28. The molecule has 3 atom stereocenters. The van der Waals surface area contributed by atoms with Gasteiger partial charge in [-0.05, 0) is 16.7 Å². The van der Waals surface area contributed by atoms with Gasteiger partial charge in [0.15, 0.2) is 0 Å². The summed E-state index contributed by atoms with van der Waals surface area (Å²) in [6.07, 6.45) is 0. The van der Waals surface area contributed by atoms with Crippen molar-refractivity contribution in [3.8, 4) is 0 Å². The zero-order valence-electron chi connectivity index (χ0n) is 16.6. The second kappa shape index (κ2) is 8.56. The Labute approximate surface area is 186 Å². The molecule has 1 aromatic rings. The Bertz CT molecular complexity index is 1010. The first kappa shape index (κ1) is 21.7. The SMILES string of the molecule is CC(=O)OCC1=C(C(=O)O)N2C(=O)C(NC(=O)C(N)c3cccc4c3CSC4)C2SC1. The number of nitrogens with zero attached hydrogens (tertiary/aromatic N) is 1.